The predicted octanol–water partition coefficient (Wildman–Crippen LogP) is 4.04. The molecule has 1 N–H and O–H groups in total. The summed E-state index contributed by atoms with van der Waals surface area (Å²) in [5.41, 5.74) is 2.09. The number of thiazole rings is 1. The summed E-state index contributed by atoms with van der Waals surface area (Å²) >= 11 is 6.74. The van der Waals surface area contributed by atoms with Crippen molar-refractivity contribution in [2.75, 3.05) is 13.2 Å². The normalized spacial score (nSPS) is 17.1. The quantitative estimate of drug-likeness (QED) is 0.678. The standard InChI is InChI=1S/C17H19BrN2O2S2/c18-13-5-3-12(4-6-13)10-23-17-20-14(11-24-17)8-16(21)19-9-15-2-1-7-22-15/h3-6,11,15H,1-2,7-10H2,(H,19,21)/t15-/m0/s1. The molecule has 0 saturated carbocycles. The molecule has 1 aliphatic rings. The largest absolute Gasteiger partial charge is 0.376 e. The Morgan fingerprint density at radius 2 is 2.25 bits per heavy atom. The van der Waals surface area contributed by atoms with E-state index >= 15 is 0 Å². The average Bonchev–Trinajstić information content (AvgIpc) is 3.24. The topological polar surface area (TPSA) is 51.2 Å². The molecule has 24 heavy (non-hydrogen) atoms. The summed E-state index contributed by atoms with van der Waals surface area (Å²) in [7, 11) is 0. The van der Waals surface area contributed by atoms with Gasteiger partial charge in [-0.3, -0.25) is 4.79 Å². The molecule has 1 aromatic heterocycles. The molecule has 0 aliphatic carbocycles. The summed E-state index contributed by atoms with van der Waals surface area (Å²) in [6, 6.07) is 8.29. The minimum Gasteiger partial charge on any atom is -0.376 e. The fourth-order valence-electron chi connectivity index (χ4n) is 2.42. The number of ether oxygens (including phenoxy) is 1. The smallest absolute Gasteiger partial charge is 0.226 e. The minimum atomic E-state index is 0.0141. The number of halogens is 1. The van der Waals surface area contributed by atoms with E-state index in [-0.39, 0.29) is 12.0 Å². The number of nitrogens with zero attached hydrogens (tertiary/aromatic N) is 1. The van der Waals surface area contributed by atoms with Crippen LogP contribution in [-0.2, 0) is 21.7 Å². The molecule has 0 radical (unpaired) electrons. The minimum absolute atomic E-state index is 0.0141. The van der Waals surface area contributed by atoms with Gasteiger partial charge in [0.05, 0.1) is 18.2 Å². The van der Waals surface area contributed by atoms with Crippen LogP contribution in [0.5, 0.6) is 0 Å². The second kappa shape index (κ2) is 8.99. The van der Waals surface area contributed by atoms with Gasteiger partial charge in [0.2, 0.25) is 5.91 Å². The van der Waals surface area contributed by atoms with Crippen molar-refractivity contribution in [3.05, 3.63) is 45.4 Å². The van der Waals surface area contributed by atoms with Crippen LogP contribution in [0.15, 0.2) is 38.5 Å². The molecular weight excluding hydrogens is 408 g/mol. The second-order valence-corrected chi connectivity index (χ2v) is 8.63. The molecule has 1 aromatic carbocycles. The number of thioether (sulfide) groups is 1. The Hall–Kier alpha value is -0.890. The summed E-state index contributed by atoms with van der Waals surface area (Å²) in [6.07, 6.45) is 2.64. The van der Waals surface area contributed by atoms with Gasteiger partial charge in [-0.15, -0.1) is 11.3 Å². The van der Waals surface area contributed by atoms with Crippen LogP contribution in [0.25, 0.3) is 0 Å². The lowest BCUT2D eigenvalue weighted by molar-refractivity contribution is -0.121. The molecule has 2 aromatic rings. The number of benzene rings is 1. The molecule has 128 valence electrons. The zero-order valence-corrected chi connectivity index (χ0v) is 16.4. The van der Waals surface area contributed by atoms with Crippen LogP contribution >= 0.6 is 39.0 Å². The van der Waals surface area contributed by atoms with Gasteiger partial charge in [-0.1, -0.05) is 39.8 Å². The molecule has 0 spiro atoms. The molecule has 1 aliphatic heterocycles. The Balaban J connectivity index is 1.42. The van der Waals surface area contributed by atoms with Gasteiger partial charge in [-0.2, -0.15) is 0 Å². The average molecular weight is 427 g/mol. The number of rotatable bonds is 7. The van der Waals surface area contributed by atoms with Crippen LogP contribution in [0, 0.1) is 0 Å². The van der Waals surface area contributed by atoms with Crippen molar-refractivity contribution >= 4 is 44.9 Å². The lowest BCUT2D eigenvalue weighted by Gasteiger charge is -2.09. The summed E-state index contributed by atoms with van der Waals surface area (Å²) in [5, 5.41) is 4.90. The number of carbonyl (C=O) groups is 1. The van der Waals surface area contributed by atoms with Crippen molar-refractivity contribution in [1.82, 2.24) is 10.3 Å². The molecule has 7 heteroatoms. The second-order valence-electron chi connectivity index (χ2n) is 5.64. The molecule has 3 rings (SSSR count). The molecule has 1 amide bonds. The summed E-state index contributed by atoms with van der Waals surface area (Å²) in [4.78, 5) is 16.5. The van der Waals surface area contributed by atoms with Gasteiger partial charge in [-0.05, 0) is 30.5 Å². The van der Waals surface area contributed by atoms with Crippen LogP contribution in [0.3, 0.4) is 0 Å². The van der Waals surface area contributed by atoms with Gasteiger partial charge in [0.15, 0.2) is 0 Å². The highest BCUT2D eigenvalue weighted by Gasteiger charge is 2.16. The molecule has 1 atom stereocenters. The number of amides is 1. The summed E-state index contributed by atoms with van der Waals surface area (Å²) in [6.45, 7) is 1.42. The van der Waals surface area contributed by atoms with E-state index in [4.69, 9.17) is 4.74 Å². The van der Waals surface area contributed by atoms with Crippen LogP contribution in [0.2, 0.25) is 0 Å². The molecular formula is C17H19BrN2O2S2. The first-order valence-electron chi connectivity index (χ1n) is 7.89. The Morgan fingerprint density at radius 1 is 1.42 bits per heavy atom. The number of aromatic nitrogens is 1. The Morgan fingerprint density at radius 3 is 3.00 bits per heavy atom. The monoisotopic (exact) mass is 426 g/mol. The summed E-state index contributed by atoms with van der Waals surface area (Å²) < 4.78 is 7.59. The number of carbonyl (C=O) groups excluding carboxylic acids is 1. The van der Waals surface area contributed by atoms with E-state index in [1.54, 1.807) is 23.1 Å². The lowest BCUT2D eigenvalue weighted by atomic mass is 10.2. The summed E-state index contributed by atoms with van der Waals surface area (Å²) in [5.74, 6) is 0.895. The first-order valence-corrected chi connectivity index (χ1v) is 10.5. The third-order valence-corrected chi connectivity index (χ3v) is 6.37. The van der Waals surface area contributed by atoms with E-state index in [1.165, 1.54) is 5.56 Å². The Labute approximate surface area is 158 Å². The van der Waals surface area contributed by atoms with Crippen LogP contribution in [0.4, 0.5) is 0 Å². The first-order chi connectivity index (χ1) is 11.7. The fraction of sp³-hybridized carbons (Fsp3) is 0.412. The van der Waals surface area contributed by atoms with Gasteiger partial charge in [0.1, 0.15) is 4.34 Å². The maximum absolute atomic E-state index is 12.0. The van der Waals surface area contributed by atoms with Crippen molar-refractivity contribution < 1.29 is 9.53 Å². The lowest BCUT2D eigenvalue weighted by Crippen LogP contribution is -2.32. The van der Waals surface area contributed by atoms with Gasteiger partial charge in [-0.25, -0.2) is 4.98 Å². The van der Waals surface area contributed by atoms with E-state index in [0.29, 0.717) is 13.0 Å². The molecule has 4 nitrogen and oxygen atoms in total. The van der Waals surface area contributed by atoms with Crippen LogP contribution < -0.4 is 5.32 Å². The Bertz CT molecular complexity index is 669. The number of hydrogen-bond donors (Lipinski definition) is 1. The van der Waals surface area contributed by atoms with E-state index in [2.05, 4.69) is 38.4 Å². The molecule has 1 fully saturated rings. The molecule has 0 bridgehead atoms. The Kier molecular flexibility index (Phi) is 6.71. The fourth-order valence-corrected chi connectivity index (χ4v) is 4.49. The van der Waals surface area contributed by atoms with E-state index in [0.717, 1.165) is 39.7 Å². The molecule has 2 heterocycles. The SMILES string of the molecule is O=C(Cc1csc(SCc2ccc(Br)cc2)n1)NC[C@@H]1CCCO1. The molecule has 0 unspecified atom stereocenters. The number of nitrogens with one attached hydrogen (secondary N) is 1. The maximum atomic E-state index is 12.0. The maximum Gasteiger partial charge on any atom is 0.226 e. The predicted molar refractivity (Wildman–Crippen MR) is 102 cm³/mol. The van der Waals surface area contributed by atoms with Crippen molar-refractivity contribution in [2.45, 2.75) is 35.5 Å². The van der Waals surface area contributed by atoms with Crippen LogP contribution in [0.1, 0.15) is 24.1 Å². The highest BCUT2D eigenvalue weighted by molar-refractivity contribution is 9.10. The van der Waals surface area contributed by atoms with Crippen molar-refractivity contribution in [1.29, 1.82) is 0 Å². The third kappa shape index (κ3) is 5.58. The van der Waals surface area contributed by atoms with Gasteiger partial charge in [0.25, 0.3) is 0 Å². The highest BCUT2D eigenvalue weighted by atomic mass is 79.9. The van der Waals surface area contributed by atoms with Crippen molar-refractivity contribution in [3.8, 4) is 0 Å². The zero-order valence-electron chi connectivity index (χ0n) is 13.2. The van der Waals surface area contributed by atoms with Gasteiger partial charge in [0, 0.05) is 28.8 Å². The van der Waals surface area contributed by atoms with Gasteiger partial charge < -0.3 is 10.1 Å². The van der Waals surface area contributed by atoms with E-state index in [9.17, 15) is 4.79 Å². The highest BCUT2D eigenvalue weighted by Crippen LogP contribution is 2.27. The number of hydrogen-bond acceptors (Lipinski definition) is 5. The third-order valence-electron chi connectivity index (χ3n) is 3.70. The van der Waals surface area contributed by atoms with Gasteiger partial charge >= 0.3 is 0 Å². The zero-order chi connectivity index (χ0) is 16.8. The van der Waals surface area contributed by atoms with E-state index < -0.39 is 0 Å². The van der Waals surface area contributed by atoms with Crippen molar-refractivity contribution in [2.24, 2.45) is 0 Å². The van der Waals surface area contributed by atoms with E-state index in [1.807, 2.05) is 17.5 Å². The first kappa shape index (κ1) is 17.9. The van der Waals surface area contributed by atoms with Crippen LogP contribution in [-0.4, -0.2) is 30.1 Å². The van der Waals surface area contributed by atoms with Crippen molar-refractivity contribution in [3.63, 3.8) is 0 Å². The molecule has 1 saturated heterocycles.